The van der Waals surface area contributed by atoms with Gasteiger partial charge in [-0.15, -0.1) is 0 Å². The fraction of sp³-hybridized carbons (Fsp3) is 0.333. The van der Waals surface area contributed by atoms with Gasteiger partial charge in [0.15, 0.2) is 5.92 Å². The summed E-state index contributed by atoms with van der Waals surface area (Å²) in [5, 5.41) is 11.4. The van der Waals surface area contributed by atoms with Crippen molar-refractivity contribution in [3.63, 3.8) is 0 Å². The Kier molecular flexibility index (Phi) is 7.21. The second-order valence-corrected chi connectivity index (χ2v) is 5.05. The molecule has 0 heterocycles. The number of nitrogens with zero attached hydrogens (tertiary/aromatic N) is 1. The highest BCUT2D eigenvalue weighted by Gasteiger charge is 2.38. The van der Waals surface area contributed by atoms with Crippen molar-refractivity contribution in [2.45, 2.75) is 0 Å². The molecule has 0 aliphatic rings. The maximum Gasteiger partial charge on any atom is 0.320 e. The maximum absolute atomic E-state index is 11.8. The Morgan fingerprint density at radius 1 is 1.22 bits per heavy atom. The summed E-state index contributed by atoms with van der Waals surface area (Å²) in [5.74, 6) is -4.17. The predicted molar refractivity (Wildman–Crippen MR) is 83.4 cm³/mol. The highest BCUT2D eigenvalue weighted by atomic mass is 35.5. The molecule has 0 aliphatic heterocycles. The summed E-state index contributed by atoms with van der Waals surface area (Å²) in [6.45, 7) is -0.612. The minimum atomic E-state index is -1.40. The van der Waals surface area contributed by atoms with Crippen LogP contribution in [0.5, 0.6) is 0 Å². The number of nitro groups is 1. The van der Waals surface area contributed by atoms with E-state index in [0.29, 0.717) is 5.02 Å². The van der Waals surface area contributed by atoms with Crippen LogP contribution in [0.2, 0.25) is 5.02 Å². The van der Waals surface area contributed by atoms with Crippen molar-refractivity contribution >= 4 is 29.6 Å². The molecular formula is C15H16ClNO6. The summed E-state index contributed by atoms with van der Waals surface area (Å²) in [5.41, 5.74) is 0.719. The zero-order chi connectivity index (χ0) is 17.4. The third-order valence-electron chi connectivity index (χ3n) is 3.10. The van der Waals surface area contributed by atoms with Gasteiger partial charge in [-0.25, -0.2) is 0 Å². The van der Waals surface area contributed by atoms with Crippen LogP contribution in [0.25, 0.3) is 6.08 Å². The van der Waals surface area contributed by atoms with Gasteiger partial charge in [0.25, 0.3) is 0 Å². The fourth-order valence-electron chi connectivity index (χ4n) is 1.96. The Morgan fingerprint density at radius 2 is 1.74 bits per heavy atom. The molecule has 23 heavy (non-hydrogen) atoms. The summed E-state index contributed by atoms with van der Waals surface area (Å²) in [6.07, 6.45) is 2.99. The Balaban J connectivity index is 3.09. The first kappa shape index (κ1) is 18.6. The Morgan fingerprint density at radius 3 is 2.17 bits per heavy atom. The van der Waals surface area contributed by atoms with E-state index in [-0.39, 0.29) is 0 Å². The second kappa shape index (κ2) is 8.89. The lowest BCUT2D eigenvalue weighted by atomic mass is 9.91. The van der Waals surface area contributed by atoms with Gasteiger partial charge in [0, 0.05) is 9.95 Å². The molecule has 0 fully saturated rings. The number of hydrogen-bond donors (Lipinski definition) is 0. The van der Waals surface area contributed by atoms with Crippen LogP contribution in [-0.2, 0) is 19.1 Å². The van der Waals surface area contributed by atoms with Crippen molar-refractivity contribution in [3.8, 4) is 0 Å². The Bertz CT molecular complexity index is 582. The van der Waals surface area contributed by atoms with Gasteiger partial charge in [0.2, 0.25) is 6.54 Å². The zero-order valence-corrected chi connectivity index (χ0v) is 13.4. The molecule has 0 N–H and O–H groups in total. The lowest BCUT2D eigenvalue weighted by molar-refractivity contribution is -0.486. The molecule has 7 nitrogen and oxygen atoms in total. The van der Waals surface area contributed by atoms with Crippen molar-refractivity contribution in [2.24, 2.45) is 11.8 Å². The normalized spacial score (nSPS) is 12.2. The summed E-state index contributed by atoms with van der Waals surface area (Å²) in [4.78, 5) is 33.8. The molecule has 0 saturated heterocycles. The van der Waals surface area contributed by atoms with Gasteiger partial charge in [-0.2, -0.15) is 0 Å². The molecule has 0 radical (unpaired) electrons. The molecule has 0 aromatic heterocycles. The van der Waals surface area contributed by atoms with Crippen molar-refractivity contribution in [3.05, 3.63) is 51.0 Å². The van der Waals surface area contributed by atoms with Crippen molar-refractivity contribution in [2.75, 3.05) is 20.8 Å². The maximum atomic E-state index is 11.8. The molecular weight excluding hydrogens is 326 g/mol. The number of halogens is 1. The summed E-state index contributed by atoms with van der Waals surface area (Å²) in [6, 6.07) is 6.71. The summed E-state index contributed by atoms with van der Waals surface area (Å²) in [7, 11) is 2.20. The monoisotopic (exact) mass is 341 g/mol. The standard InChI is InChI=1S/C15H16ClNO6/c1-22-14(18)13(15(19)23-2)11(9-17(20)21)6-3-10-4-7-12(16)8-5-10/h3-8,11,13H,9H2,1-2H3/b6-3+/t11-/m1/s1. The smallest absolute Gasteiger partial charge is 0.320 e. The van der Waals surface area contributed by atoms with E-state index in [9.17, 15) is 19.7 Å². The molecule has 1 aromatic rings. The van der Waals surface area contributed by atoms with Crippen LogP contribution in [0, 0.1) is 22.0 Å². The van der Waals surface area contributed by atoms with Gasteiger partial charge in [-0.3, -0.25) is 19.7 Å². The van der Waals surface area contributed by atoms with Crippen LogP contribution in [0.3, 0.4) is 0 Å². The van der Waals surface area contributed by atoms with Crippen LogP contribution >= 0.6 is 11.6 Å². The number of benzene rings is 1. The van der Waals surface area contributed by atoms with E-state index in [1.165, 1.54) is 6.08 Å². The van der Waals surface area contributed by atoms with Gasteiger partial charge in [-0.1, -0.05) is 35.9 Å². The highest BCUT2D eigenvalue weighted by molar-refractivity contribution is 6.30. The first-order valence-electron chi connectivity index (χ1n) is 6.60. The van der Waals surface area contributed by atoms with E-state index >= 15 is 0 Å². The molecule has 1 atom stereocenters. The number of ether oxygens (including phenoxy) is 2. The molecule has 0 unspecified atom stereocenters. The molecule has 0 aliphatic carbocycles. The van der Waals surface area contributed by atoms with E-state index < -0.39 is 35.2 Å². The van der Waals surface area contributed by atoms with Gasteiger partial charge in [0.05, 0.1) is 20.1 Å². The molecule has 1 aromatic carbocycles. The number of carbonyl (C=O) groups excluding carboxylic acids is 2. The second-order valence-electron chi connectivity index (χ2n) is 4.61. The minimum Gasteiger partial charge on any atom is -0.468 e. The lowest BCUT2D eigenvalue weighted by Crippen LogP contribution is -2.35. The van der Waals surface area contributed by atoms with Crippen LogP contribution in [0.1, 0.15) is 5.56 Å². The van der Waals surface area contributed by atoms with Crippen LogP contribution in [0.4, 0.5) is 0 Å². The summed E-state index contributed by atoms with van der Waals surface area (Å²) >= 11 is 5.78. The number of rotatable bonds is 7. The van der Waals surface area contributed by atoms with E-state index in [2.05, 4.69) is 9.47 Å². The van der Waals surface area contributed by atoms with E-state index in [1.807, 2.05) is 0 Å². The fourth-order valence-corrected chi connectivity index (χ4v) is 2.08. The average Bonchev–Trinajstić information content (AvgIpc) is 2.53. The number of esters is 2. The molecule has 0 amide bonds. The number of methoxy groups -OCH3 is 2. The average molecular weight is 342 g/mol. The zero-order valence-electron chi connectivity index (χ0n) is 12.6. The predicted octanol–water partition coefficient (Wildman–Crippen LogP) is 2.21. The van der Waals surface area contributed by atoms with E-state index in [4.69, 9.17) is 11.6 Å². The van der Waals surface area contributed by atoms with Gasteiger partial charge < -0.3 is 9.47 Å². The molecule has 1 rings (SSSR count). The molecule has 124 valence electrons. The van der Waals surface area contributed by atoms with Crippen molar-refractivity contribution in [1.82, 2.24) is 0 Å². The Labute approximate surface area is 138 Å². The topological polar surface area (TPSA) is 95.7 Å². The largest absolute Gasteiger partial charge is 0.468 e. The molecule has 0 bridgehead atoms. The van der Waals surface area contributed by atoms with Crippen LogP contribution in [0.15, 0.2) is 30.3 Å². The minimum absolute atomic E-state index is 0.547. The molecule has 0 spiro atoms. The van der Waals surface area contributed by atoms with Crippen LogP contribution < -0.4 is 0 Å². The number of hydrogen-bond acceptors (Lipinski definition) is 6. The molecule has 8 heteroatoms. The first-order valence-corrected chi connectivity index (χ1v) is 6.98. The lowest BCUT2D eigenvalue weighted by Gasteiger charge is -2.17. The first-order chi connectivity index (χ1) is 10.9. The van der Waals surface area contributed by atoms with Crippen LogP contribution in [-0.4, -0.2) is 37.6 Å². The van der Waals surface area contributed by atoms with Gasteiger partial charge >= 0.3 is 11.9 Å². The third kappa shape index (κ3) is 5.71. The van der Waals surface area contributed by atoms with E-state index in [1.54, 1.807) is 30.3 Å². The highest BCUT2D eigenvalue weighted by Crippen LogP contribution is 2.20. The van der Waals surface area contributed by atoms with Crippen molar-refractivity contribution in [1.29, 1.82) is 0 Å². The van der Waals surface area contributed by atoms with Gasteiger partial charge in [-0.05, 0) is 17.7 Å². The number of carbonyl (C=O) groups is 2. The summed E-state index contributed by atoms with van der Waals surface area (Å²) < 4.78 is 9.10. The quantitative estimate of drug-likeness (QED) is 0.326. The SMILES string of the molecule is COC(=O)C(C(=O)OC)[C@H](/C=C/c1ccc(Cl)cc1)C[N+](=O)[O-]. The third-order valence-corrected chi connectivity index (χ3v) is 3.36. The van der Waals surface area contributed by atoms with Gasteiger partial charge in [0.1, 0.15) is 0 Å². The van der Waals surface area contributed by atoms with E-state index in [0.717, 1.165) is 19.8 Å². The van der Waals surface area contributed by atoms with Crippen molar-refractivity contribution < 1.29 is 24.0 Å². The Hall–Kier alpha value is -2.41. The molecule has 0 saturated carbocycles.